The minimum atomic E-state index is -0.383. The maximum Gasteiger partial charge on any atom is 0.126 e. The fraction of sp³-hybridized carbons (Fsp3) is 0.263. The molecule has 0 saturated carbocycles. The van der Waals surface area contributed by atoms with Crippen molar-refractivity contribution in [1.29, 1.82) is 0 Å². The second kappa shape index (κ2) is 7.14. The number of ether oxygens (including phenoxy) is 1. The van der Waals surface area contributed by atoms with Crippen molar-refractivity contribution in [1.82, 2.24) is 0 Å². The second-order valence-electron chi connectivity index (χ2n) is 5.53. The van der Waals surface area contributed by atoms with E-state index in [9.17, 15) is 10.2 Å². The number of phenolic OH excluding ortho intramolecular Hbond substituents is 1. The summed E-state index contributed by atoms with van der Waals surface area (Å²) in [4.78, 5) is 0. The molecule has 2 N–H and O–H groups in total. The van der Waals surface area contributed by atoms with Gasteiger partial charge in [-0.2, -0.15) is 0 Å². The first-order valence-corrected chi connectivity index (χ1v) is 7.30. The van der Waals surface area contributed by atoms with Crippen molar-refractivity contribution >= 4 is 5.57 Å². The van der Waals surface area contributed by atoms with E-state index in [4.69, 9.17) is 4.74 Å². The summed E-state index contributed by atoms with van der Waals surface area (Å²) in [5.41, 5.74) is 4.02. The third kappa shape index (κ3) is 4.12. The van der Waals surface area contributed by atoms with Gasteiger partial charge in [-0.05, 0) is 60.7 Å². The zero-order chi connectivity index (χ0) is 16.1. The third-order valence-electron chi connectivity index (χ3n) is 3.53. The molecule has 22 heavy (non-hydrogen) atoms. The fourth-order valence-electron chi connectivity index (χ4n) is 2.45. The van der Waals surface area contributed by atoms with Gasteiger partial charge in [-0.3, -0.25) is 0 Å². The molecule has 116 valence electrons. The molecular weight excluding hydrogens is 276 g/mol. The summed E-state index contributed by atoms with van der Waals surface area (Å²) in [6.07, 6.45) is 0.893. The Kier molecular flexibility index (Phi) is 5.23. The molecule has 0 aliphatic rings. The van der Waals surface area contributed by atoms with Crippen LogP contribution < -0.4 is 4.74 Å². The van der Waals surface area contributed by atoms with Crippen LogP contribution in [0.1, 0.15) is 23.6 Å². The molecule has 0 aliphatic heterocycles. The molecule has 0 spiro atoms. The Morgan fingerprint density at radius 3 is 2.36 bits per heavy atom. The Labute approximate surface area is 131 Å². The molecule has 0 bridgehead atoms. The molecule has 0 fully saturated rings. The van der Waals surface area contributed by atoms with E-state index in [0.29, 0.717) is 12.8 Å². The number of phenols is 1. The zero-order valence-electron chi connectivity index (χ0n) is 13.0. The van der Waals surface area contributed by atoms with Gasteiger partial charge in [0.2, 0.25) is 0 Å². The number of aromatic hydroxyl groups is 1. The lowest BCUT2D eigenvalue weighted by molar-refractivity contribution is 0.195. The molecule has 0 amide bonds. The Bertz CT molecular complexity index is 642. The van der Waals surface area contributed by atoms with Gasteiger partial charge >= 0.3 is 0 Å². The van der Waals surface area contributed by atoms with E-state index >= 15 is 0 Å². The first kappa shape index (κ1) is 16.1. The smallest absolute Gasteiger partial charge is 0.126 e. The number of aliphatic hydroxyl groups is 1. The molecule has 2 aromatic carbocycles. The van der Waals surface area contributed by atoms with Gasteiger partial charge in [-0.25, -0.2) is 0 Å². The van der Waals surface area contributed by atoms with E-state index in [-0.39, 0.29) is 11.9 Å². The van der Waals surface area contributed by atoms with Crippen LogP contribution in [0.15, 0.2) is 49.0 Å². The topological polar surface area (TPSA) is 49.7 Å². The highest BCUT2D eigenvalue weighted by molar-refractivity contribution is 5.71. The Morgan fingerprint density at radius 1 is 1.14 bits per heavy atom. The summed E-state index contributed by atoms with van der Waals surface area (Å²) < 4.78 is 5.42. The summed E-state index contributed by atoms with van der Waals surface area (Å²) >= 11 is 0. The molecule has 0 aromatic heterocycles. The van der Waals surface area contributed by atoms with Gasteiger partial charge in [0.15, 0.2) is 0 Å². The molecule has 0 heterocycles. The number of hydrogen-bond donors (Lipinski definition) is 2. The lowest BCUT2D eigenvalue weighted by atomic mass is 9.96. The maximum absolute atomic E-state index is 9.55. The van der Waals surface area contributed by atoms with Crippen molar-refractivity contribution < 1.29 is 14.9 Å². The van der Waals surface area contributed by atoms with Gasteiger partial charge in [0.25, 0.3) is 0 Å². The number of methoxy groups -OCH3 is 1. The van der Waals surface area contributed by atoms with Crippen molar-refractivity contribution in [2.75, 3.05) is 7.11 Å². The van der Waals surface area contributed by atoms with Crippen LogP contribution in [0.5, 0.6) is 11.5 Å². The number of hydrogen-bond acceptors (Lipinski definition) is 3. The van der Waals surface area contributed by atoms with E-state index in [1.54, 1.807) is 26.2 Å². The van der Waals surface area contributed by atoms with Crippen LogP contribution in [0, 0.1) is 0 Å². The van der Waals surface area contributed by atoms with Crippen molar-refractivity contribution in [3.8, 4) is 11.5 Å². The van der Waals surface area contributed by atoms with Gasteiger partial charge in [0.1, 0.15) is 11.5 Å². The first-order chi connectivity index (χ1) is 10.5. The highest BCUT2D eigenvalue weighted by atomic mass is 16.5. The number of rotatable bonds is 6. The molecule has 0 aliphatic carbocycles. The molecule has 2 rings (SSSR count). The maximum atomic E-state index is 9.55. The zero-order valence-corrected chi connectivity index (χ0v) is 13.0. The summed E-state index contributed by atoms with van der Waals surface area (Å²) in [5, 5.41) is 18.9. The lowest BCUT2D eigenvalue weighted by Gasteiger charge is -2.14. The number of benzene rings is 2. The van der Waals surface area contributed by atoms with E-state index in [0.717, 1.165) is 28.0 Å². The van der Waals surface area contributed by atoms with Gasteiger partial charge < -0.3 is 14.9 Å². The number of aliphatic hydroxyl groups excluding tert-OH is 1. The lowest BCUT2D eigenvalue weighted by Crippen LogP contribution is -2.05. The SMILES string of the molecule is C=C(Cc1ccc(O)cc1)c1cc(C[C@H](C)O)ccc1OC. The molecule has 0 saturated heterocycles. The van der Waals surface area contributed by atoms with Gasteiger partial charge in [0, 0.05) is 5.56 Å². The van der Waals surface area contributed by atoms with Gasteiger partial charge in [-0.1, -0.05) is 24.8 Å². The van der Waals surface area contributed by atoms with Crippen LogP contribution >= 0.6 is 0 Å². The van der Waals surface area contributed by atoms with Crippen molar-refractivity contribution in [2.45, 2.75) is 25.9 Å². The molecule has 3 heteroatoms. The summed E-state index contributed by atoms with van der Waals surface area (Å²) in [6, 6.07) is 13.0. The van der Waals surface area contributed by atoms with Crippen LogP contribution in [0.2, 0.25) is 0 Å². The third-order valence-corrected chi connectivity index (χ3v) is 3.53. The van der Waals surface area contributed by atoms with Crippen LogP contribution in [0.3, 0.4) is 0 Å². The number of allylic oxidation sites excluding steroid dienone is 1. The predicted molar refractivity (Wildman–Crippen MR) is 89.2 cm³/mol. The second-order valence-corrected chi connectivity index (χ2v) is 5.53. The van der Waals surface area contributed by atoms with E-state index in [1.165, 1.54) is 0 Å². The predicted octanol–water partition coefficient (Wildman–Crippen LogP) is 3.58. The molecule has 0 unspecified atom stereocenters. The van der Waals surface area contributed by atoms with Gasteiger partial charge in [0.05, 0.1) is 13.2 Å². The molecule has 0 radical (unpaired) electrons. The van der Waals surface area contributed by atoms with E-state index < -0.39 is 0 Å². The van der Waals surface area contributed by atoms with Crippen LogP contribution in [0.25, 0.3) is 5.57 Å². The van der Waals surface area contributed by atoms with Crippen molar-refractivity contribution in [3.63, 3.8) is 0 Å². The molecular formula is C19H22O3. The molecule has 2 aromatic rings. The quantitative estimate of drug-likeness (QED) is 0.857. The highest BCUT2D eigenvalue weighted by Gasteiger charge is 2.10. The van der Waals surface area contributed by atoms with Gasteiger partial charge in [-0.15, -0.1) is 0 Å². The van der Waals surface area contributed by atoms with E-state index in [2.05, 4.69) is 6.58 Å². The molecule has 3 nitrogen and oxygen atoms in total. The van der Waals surface area contributed by atoms with Crippen LogP contribution in [-0.2, 0) is 12.8 Å². The Morgan fingerprint density at radius 2 is 1.77 bits per heavy atom. The van der Waals surface area contributed by atoms with E-state index in [1.807, 2.05) is 30.3 Å². The minimum Gasteiger partial charge on any atom is -0.508 e. The summed E-state index contributed by atoms with van der Waals surface area (Å²) in [7, 11) is 1.64. The Hall–Kier alpha value is -2.26. The average Bonchev–Trinajstić information content (AvgIpc) is 2.49. The molecule has 1 atom stereocenters. The average molecular weight is 298 g/mol. The Balaban J connectivity index is 2.24. The largest absolute Gasteiger partial charge is 0.508 e. The normalized spacial score (nSPS) is 12.0. The van der Waals surface area contributed by atoms with Crippen LogP contribution in [0.4, 0.5) is 0 Å². The first-order valence-electron chi connectivity index (χ1n) is 7.30. The van der Waals surface area contributed by atoms with Crippen molar-refractivity contribution in [3.05, 3.63) is 65.7 Å². The van der Waals surface area contributed by atoms with Crippen molar-refractivity contribution in [2.24, 2.45) is 0 Å². The minimum absolute atomic E-state index is 0.255. The fourth-order valence-corrected chi connectivity index (χ4v) is 2.45. The highest BCUT2D eigenvalue weighted by Crippen LogP contribution is 2.29. The standard InChI is InChI=1S/C19H22O3/c1-13(10-15-4-7-17(21)8-5-15)18-12-16(11-14(2)20)6-9-19(18)22-3/h4-9,12,14,20-21H,1,10-11H2,2-3H3/t14-/m0/s1. The summed E-state index contributed by atoms with van der Waals surface area (Å²) in [6.45, 7) is 5.94. The summed E-state index contributed by atoms with van der Waals surface area (Å²) in [5.74, 6) is 1.03. The van der Waals surface area contributed by atoms with Crippen LogP contribution in [-0.4, -0.2) is 23.4 Å². The monoisotopic (exact) mass is 298 g/mol.